The minimum Gasteiger partial charge on any atom is -0.205 e. The first-order valence-electron chi connectivity index (χ1n) is 4.09. The number of thiophene rings is 1. The lowest BCUT2D eigenvalue weighted by atomic mass is 10.1. The van der Waals surface area contributed by atoms with E-state index in [1.54, 1.807) is 6.07 Å². The molecule has 0 aliphatic heterocycles. The number of hydrogen-bond donors (Lipinski definition) is 1. The van der Waals surface area contributed by atoms with Crippen molar-refractivity contribution in [1.29, 1.82) is 0 Å². The van der Waals surface area contributed by atoms with Crippen LogP contribution in [0.2, 0.25) is 0 Å². The second kappa shape index (κ2) is 3.51. The maximum Gasteiger partial charge on any atom is 0.264 e. The normalized spacial score (nSPS) is 11.5. The Balaban J connectivity index is 2.84. The molecule has 0 unspecified atom stereocenters. The van der Waals surface area contributed by atoms with Gasteiger partial charge >= 0.3 is 0 Å². The Hall–Kier alpha value is -0.610. The summed E-state index contributed by atoms with van der Waals surface area (Å²) in [6, 6.07) is 3.19. The van der Waals surface area contributed by atoms with Gasteiger partial charge in [-0.25, -0.2) is 8.78 Å². The highest BCUT2D eigenvalue weighted by atomic mass is 32.1. The Labute approximate surface area is 90.0 Å². The van der Waals surface area contributed by atoms with Gasteiger partial charge in [0.1, 0.15) is 0 Å². The van der Waals surface area contributed by atoms with Crippen LogP contribution in [0.4, 0.5) is 8.78 Å². The quantitative estimate of drug-likeness (QED) is 0.688. The van der Waals surface area contributed by atoms with Gasteiger partial charge in [0.2, 0.25) is 0 Å². The van der Waals surface area contributed by atoms with Crippen molar-refractivity contribution in [2.24, 2.45) is 0 Å². The number of fused-ring (bicyclic) bond motifs is 1. The number of benzene rings is 1. The zero-order valence-corrected chi connectivity index (χ0v) is 9.13. The average Bonchev–Trinajstić information content (AvgIpc) is 2.59. The fourth-order valence-corrected chi connectivity index (χ4v) is 2.72. The Morgan fingerprint density at radius 2 is 2.14 bits per heavy atom. The standard InChI is InChI=1S/C10H8F2S2/c1-5-8(13)4-7(10(11)12)6-2-3-14-9(5)6/h2-4,10,13H,1H3. The lowest BCUT2D eigenvalue weighted by molar-refractivity contribution is 0.153. The fourth-order valence-electron chi connectivity index (χ4n) is 1.46. The Morgan fingerprint density at radius 1 is 1.43 bits per heavy atom. The van der Waals surface area contributed by atoms with Crippen molar-refractivity contribution in [2.75, 3.05) is 0 Å². The molecule has 2 rings (SSSR count). The second-order valence-corrected chi connectivity index (χ2v) is 4.47. The molecule has 0 fully saturated rings. The zero-order valence-electron chi connectivity index (χ0n) is 7.42. The molecule has 0 saturated carbocycles. The first-order chi connectivity index (χ1) is 6.61. The van der Waals surface area contributed by atoms with E-state index in [4.69, 9.17) is 0 Å². The van der Waals surface area contributed by atoms with E-state index in [0.717, 1.165) is 10.3 Å². The van der Waals surface area contributed by atoms with Crippen LogP contribution in [0.3, 0.4) is 0 Å². The van der Waals surface area contributed by atoms with Crippen LogP contribution in [-0.2, 0) is 0 Å². The minimum absolute atomic E-state index is 0.0804. The van der Waals surface area contributed by atoms with Gasteiger partial charge in [-0.15, -0.1) is 24.0 Å². The Morgan fingerprint density at radius 3 is 2.79 bits per heavy atom. The van der Waals surface area contributed by atoms with Crippen molar-refractivity contribution in [3.63, 3.8) is 0 Å². The summed E-state index contributed by atoms with van der Waals surface area (Å²) in [5.74, 6) is 0. The average molecular weight is 230 g/mol. The molecule has 0 nitrogen and oxygen atoms in total. The van der Waals surface area contributed by atoms with Gasteiger partial charge in [-0.05, 0) is 30.0 Å². The number of rotatable bonds is 1. The van der Waals surface area contributed by atoms with Crippen LogP contribution in [0.1, 0.15) is 17.6 Å². The molecule has 0 atom stereocenters. The summed E-state index contributed by atoms with van der Waals surface area (Å²) in [5.41, 5.74) is 1.06. The first-order valence-corrected chi connectivity index (χ1v) is 5.41. The number of halogens is 2. The van der Waals surface area contributed by atoms with E-state index in [-0.39, 0.29) is 5.56 Å². The van der Waals surface area contributed by atoms with Crippen molar-refractivity contribution < 1.29 is 8.78 Å². The molecule has 0 saturated heterocycles. The maximum absolute atomic E-state index is 12.7. The molecule has 0 aliphatic rings. The summed E-state index contributed by atoms with van der Waals surface area (Å²) in [4.78, 5) is 0.634. The van der Waals surface area contributed by atoms with Crippen molar-refractivity contribution in [3.05, 3.63) is 28.6 Å². The van der Waals surface area contributed by atoms with E-state index in [1.807, 2.05) is 12.3 Å². The van der Waals surface area contributed by atoms with Crippen LogP contribution in [0.25, 0.3) is 10.1 Å². The number of alkyl halides is 2. The number of aryl methyl sites for hydroxylation is 1. The summed E-state index contributed by atoms with van der Waals surface area (Å²) in [7, 11) is 0. The molecule has 0 bridgehead atoms. The maximum atomic E-state index is 12.7. The molecule has 0 aliphatic carbocycles. The Bertz CT molecular complexity index is 474. The molecule has 0 radical (unpaired) electrons. The third-order valence-corrected chi connectivity index (χ3v) is 3.73. The van der Waals surface area contributed by atoms with Gasteiger partial charge in [0.25, 0.3) is 6.43 Å². The second-order valence-electron chi connectivity index (χ2n) is 3.07. The molecule has 1 heterocycles. The summed E-state index contributed by atoms with van der Waals surface area (Å²) in [5, 5.41) is 2.48. The number of hydrogen-bond acceptors (Lipinski definition) is 2. The van der Waals surface area contributed by atoms with E-state index in [2.05, 4.69) is 12.6 Å². The predicted molar refractivity (Wildman–Crippen MR) is 58.8 cm³/mol. The molecule has 0 spiro atoms. The van der Waals surface area contributed by atoms with Gasteiger partial charge in [-0.2, -0.15) is 0 Å². The highest BCUT2D eigenvalue weighted by molar-refractivity contribution is 7.80. The molecule has 0 N–H and O–H groups in total. The highest BCUT2D eigenvalue weighted by Crippen LogP contribution is 2.36. The molecule has 2 aromatic rings. The molecule has 0 amide bonds. The smallest absolute Gasteiger partial charge is 0.205 e. The van der Waals surface area contributed by atoms with E-state index in [0.29, 0.717) is 10.3 Å². The molecule has 14 heavy (non-hydrogen) atoms. The van der Waals surface area contributed by atoms with Crippen LogP contribution in [-0.4, -0.2) is 0 Å². The highest BCUT2D eigenvalue weighted by Gasteiger charge is 2.15. The van der Waals surface area contributed by atoms with Crippen LogP contribution in [0.5, 0.6) is 0 Å². The summed E-state index contributed by atoms with van der Waals surface area (Å²) in [6.45, 7) is 1.90. The third-order valence-electron chi connectivity index (χ3n) is 2.23. The monoisotopic (exact) mass is 230 g/mol. The molecular formula is C10H8F2S2. The molecule has 1 aromatic carbocycles. The molecular weight excluding hydrogens is 222 g/mol. The zero-order chi connectivity index (χ0) is 10.3. The third kappa shape index (κ3) is 1.42. The van der Waals surface area contributed by atoms with E-state index in [1.165, 1.54) is 17.4 Å². The van der Waals surface area contributed by atoms with E-state index in [9.17, 15) is 8.78 Å². The van der Waals surface area contributed by atoms with Crippen molar-refractivity contribution in [3.8, 4) is 0 Å². The van der Waals surface area contributed by atoms with Gasteiger partial charge in [0.05, 0.1) is 0 Å². The Kier molecular flexibility index (Phi) is 2.49. The summed E-state index contributed by atoms with van der Waals surface area (Å²) in [6.07, 6.45) is -2.43. The molecule has 1 aromatic heterocycles. The van der Waals surface area contributed by atoms with Crippen LogP contribution in [0.15, 0.2) is 22.4 Å². The van der Waals surface area contributed by atoms with E-state index < -0.39 is 6.43 Å². The first kappa shape index (κ1) is 9.93. The lowest BCUT2D eigenvalue weighted by Gasteiger charge is -2.06. The van der Waals surface area contributed by atoms with Crippen molar-refractivity contribution in [1.82, 2.24) is 0 Å². The van der Waals surface area contributed by atoms with E-state index >= 15 is 0 Å². The van der Waals surface area contributed by atoms with Gasteiger partial charge < -0.3 is 0 Å². The summed E-state index contributed by atoms with van der Waals surface area (Å²) >= 11 is 5.66. The number of thiol groups is 1. The van der Waals surface area contributed by atoms with Gasteiger partial charge in [-0.1, -0.05) is 0 Å². The largest absolute Gasteiger partial charge is 0.264 e. The van der Waals surface area contributed by atoms with Crippen LogP contribution in [0, 0.1) is 6.92 Å². The minimum atomic E-state index is -2.43. The van der Waals surface area contributed by atoms with Crippen LogP contribution < -0.4 is 0 Å². The van der Waals surface area contributed by atoms with Gasteiger partial charge in [-0.3, -0.25) is 0 Å². The molecule has 4 heteroatoms. The van der Waals surface area contributed by atoms with Gasteiger partial charge in [0, 0.05) is 20.5 Å². The van der Waals surface area contributed by atoms with Crippen molar-refractivity contribution in [2.45, 2.75) is 18.2 Å². The van der Waals surface area contributed by atoms with Crippen LogP contribution >= 0.6 is 24.0 Å². The lowest BCUT2D eigenvalue weighted by Crippen LogP contribution is -1.88. The predicted octanol–water partition coefficient (Wildman–Crippen LogP) is 4.44. The topological polar surface area (TPSA) is 0 Å². The van der Waals surface area contributed by atoms with Crippen molar-refractivity contribution >= 4 is 34.1 Å². The fraction of sp³-hybridized carbons (Fsp3) is 0.200. The molecule has 74 valence electrons. The van der Waals surface area contributed by atoms with Gasteiger partial charge in [0.15, 0.2) is 0 Å². The SMILES string of the molecule is Cc1c(S)cc(C(F)F)c2ccsc12. The summed E-state index contributed by atoms with van der Waals surface area (Å²) < 4.78 is 26.2.